The summed E-state index contributed by atoms with van der Waals surface area (Å²) in [5.41, 5.74) is 1.28. The average molecular weight is 216 g/mol. The van der Waals surface area contributed by atoms with Gasteiger partial charge in [-0.2, -0.15) is 0 Å². The van der Waals surface area contributed by atoms with E-state index in [0.717, 1.165) is 26.2 Å². The number of rotatable bonds is 3. The van der Waals surface area contributed by atoms with Crippen molar-refractivity contribution in [1.29, 1.82) is 0 Å². The van der Waals surface area contributed by atoms with E-state index >= 15 is 0 Å². The molecule has 1 aliphatic rings. The highest BCUT2D eigenvalue weighted by Crippen LogP contribution is 2.03. The highest BCUT2D eigenvalue weighted by Gasteiger charge is 2.13. The number of benzene rings is 1. The third-order valence-electron chi connectivity index (χ3n) is 2.93. The van der Waals surface area contributed by atoms with Crippen molar-refractivity contribution in [3.63, 3.8) is 0 Å². The van der Waals surface area contributed by atoms with Crippen molar-refractivity contribution < 1.29 is 0 Å². The van der Waals surface area contributed by atoms with Gasteiger partial charge in [0.1, 0.15) is 0 Å². The molecule has 1 aromatic carbocycles. The Balaban J connectivity index is 1.80. The van der Waals surface area contributed by atoms with Crippen molar-refractivity contribution in [2.75, 3.05) is 26.2 Å². The molecule has 1 N–H and O–H groups in total. The molecule has 2 nitrogen and oxygen atoms in total. The van der Waals surface area contributed by atoms with Gasteiger partial charge in [-0.1, -0.05) is 42.5 Å². The Labute approximate surface area is 98.0 Å². The molecule has 0 saturated carbocycles. The van der Waals surface area contributed by atoms with E-state index in [1.165, 1.54) is 5.56 Å². The minimum atomic E-state index is 0.624. The van der Waals surface area contributed by atoms with Crippen molar-refractivity contribution in [3.05, 3.63) is 42.0 Å². The van der Waals surface area contributed by atoms with Gasteiger partial charge in [0.15, 0.2) is 0 Å². The molecule has 1 fully saturated rings. The largest absolute Gasteiger partial charge is 0.312 e. The number of hydrogen-bond donors (Lipinski definition) is 1. The van der Waals surface area contributed by atoms with Crippen LogP contribution in [0, 0.1) is 0 Å². The smallest absolute Gasteiger partial charge is 0.0167 e. The summed E-state index contributed by atoms with van der Waals surface area (Å²) >= 11 is 0. The Morgan fingerprint density at radius 3 is 2.94 bits per heavy atom. The van der Waals surface area contributed by atoms with Crippen molar-refractivity contribution in [2.45, 2.75) is 13.0 Å². The number of piperazine rings is 1. The highest BCUT2D eigenvalue weighted by molar-refractivity contribution is 5.48. The molecule has 0 amide bonds. The minimum absolute atomic E-state index is 0.624. The standard InChI is InChI=1S/C14H20N2/c1-13-12-16(11-9-15-13)10-5-8-14-6-3-2-4-7-14/h2-8,13,15H,9-12H2,1H3/b8-5+/t13-/m1/s1. The molecule has 0 bridgehead atoms. The number of nitrogens with zero attached hydrogens (tertiary/aromatic N) is 1. The second kappa shape index (κ2) is 5.83. The monoisotopic (exact) mass is 216 g/mol. The van der Waals surface area contributed by atoms with Crippen molar-refractivity contribution in [2.24, 2.45) is 0 Å². The fraction of sp³-hybridized carbons (Fsp3) is 0.429. The van der Waals surface area contributed by atoms with Crippen LogP contribution in [0.3, 0.4) is 0 Å². The van der Waals surface area contributed by atoms with E-state index in [1.807, 2.05) is 0 Å². The van der Waals surface area contributed by atoms with E-state index in [1.54, 1.807) is 0 Å². The second-order valence-electron chi connectivity index (χ2n) is 4.43. The molecule has 1 aromatic rings. The maximum atomic E-state index is 3.45. The average Bonchev–Trinajstić information content (AvgIpc) is 2.30. The summed E-state index contributed by atoms with van der Waals surface area (Å²) in [6, 6.07) is 11.1. The van der Waals surface area contributed by atoms with Gasteiger partial charge in [-0.3, -0.25) is 4.90 Å². The molecule has 2 heteroatoms. The topological polar surface area (TPSA) is 15.3 Å². The maximum Gasteiger partial charge on any atom is 0.0167 e. The molecule has 1 aliphatic heterocycles. The summed E-state index contributed by atoms with van der Waals surface area (Å²) in [6.07, 6.45) is 4.46. The molecule has 16 heavy (non-hydrogen) atoms. The molecule has 0 unspecified atom stereocenters. The van der Waals surface area contributed by atoms with E-state index in [-0.39, 0.29) is 0 Å². The Kier molecular flexibility index (Phi) is 4.14. The van der Waals surface area contributed by atoms with Gasteiger partial charge in [-0.05, 0) is 12.5 Å². The summed E-state index contributed by atoms with van der Waals surface area (Å²) in [7, 11) is 0. The van der Waals surface area contributed by atoms with Crippen LogP contribution in [0.5, 0.6) is 0 Å². The van der Waals surface area contributed by atoms with Crippen LogP contribution in [0.25, 0.3) is 6.08 Å². The molecule has 0 aliphatic carbocycles. The SMILES string of the molecule is C[C@@H]1CN(C/C=C/c2ccccc2)CCN1. The van der Waals surface area contributed by atoms with Crippen molar-refractivity contribution in [1.82, 2.24) is 10.2 Å². The lowest BCUT2D eigenvalue weighted by molar-refractivity contribution is 0.227. The third kappa shape index (κ3) is 3.47. The van der Waals surface area contributed by atoms with Gasteiger partial charge >= 0.3 is 0 Å². The molecule has 0 aromatic heterocycles. The van der Waals surface area contributed by atoms with E-state index in [0.29, 0.717) is 6.04 Å². The molecule has 1 heterocycles. The van der Waals surface area contributed by atoms with Crippen LogP contribution in [-0.2, 0) is 0 Å². The van der Waals surface area contributed by atoms with Crippen LogP contribution >= 0.6 is 0 Å². The van der Waals surface area contributed by atoms with Gasteiger partial charge in [0.05, 0.1) is 0 Å². The Bertz CT molecular complexity index is 332. The molecular weight excluding hydrogens is 196 g/mol. The van der Waals surface area contributed by atoms with Crippen LogP contribution in [-0.4, -0.2) is 37.1 Å². The maximum absolute atomic E-state index is 3.45. The quantitative estimate of drug-likeness (QED) is 0.831. The van der Waals surface area contributed by atoms with Gasteiger partial charge in [0.25, 0.3) is 0 Å². The van der Waals surface area contributed by atoms with Crippen LogP contribution in [0.1, 0.15) is 12.5 Å². The lowest BCUT2D eigenvalue weighted by Crippen LogP contribution is -2.49. The van der Waals surface area contributed by atoms with Gasteiger partial charge in [-0.25, -0.2) is 0 Å². The zero-order valence-electron chi connectivity index (χ0n) is 9.89. The van der Waals surface area contributed by atoms with Crippen LogP contribution in [0.4, 0.5) is 0 Å². The summed E-state index contributed by atoms with van der Waals surface area (Å²) in [5, 5.41) is 3.45. The summed E-state index contributed by atoms with van der Waals surface area (Å²) in [6.45, 7) is 6.72. The Morgan fingerprint density at radius 2 is 2.19 bits per heavy atom. The molecule has 2 rings (SSSR count). The minimum Gasteiger partial charge on any atom is -0.312 e. The van der Waals surface area contributed by atoms with Crippen molar-refractivity contribution >= 4 is 6.08 Å². The molecular formula is C14H20N2. The summed E-state index contributed by atoms with van der Waals surface area (Å²) in [4.78, 5) is 2.49. The van der Waals surface area contributed by atoms with E-state index in [4.69, 9.17) is 0 Å². The first-order chi connectivity index (χ1) is 7.84. The Hall–Kier alpha value is -1.12. The van der Waals surface area contributed by atoms with Crippen LogP contribution in [0.2, 0.25) is 0 Å². The predicted molar refractivity (Wildman–Crippen MR) is 69.4 cm³/mol. The molecule has 0 spiro atoms. The fourth-order valence-electron chi connectivity index (χ4n) is 2.08. The van der Waals surface area contributed by atoms with Gasteiger partial charge < -0.3 is 5.32 Å². The van der Waals surface area contributed by atoms with E-state index < -0.39 is 0 Å². The predicted octanol–water partition coefficient (Wildman–Crippen LogP) is 1.99. The fourth-order valence-corrected chi connectivity index (χ4v) is 2.08. The van der Waals surface area contributed by atoms with E-state index in [2.05, 4.69) is 59.6 Å². The van der Waals surface area contributed by atoms with Crippen LogP contribution < -0.4 is 5.32 Å². The normalized spacial score (nSPS) is 22.7. The Morgan fingerprint density at radius 1 is 1.38 bits per heavy atom. The molecule has 86 valence electrons. The highest BCUT2D eigenvalue weighted by atomic mass is 15.2. The lowest BCUT2D eigenvalue weighted by atomic mass is 10.2. The van der Waals surface area contributed by atoms with Crippen molar-refractivity contribution in [3.8, 4) is 0 Å². The lowest BCUT2D eigenvalue weighted by Gasteiger charge is -2.30. The third-order valence-corrected chi connectivity index (χ3v) is 2.93. The zero-order chi connectivity index (χ0) is 11.2. The zero-order valence-corrected chi connectivity index (χ0v) is 9.89. The number of hydrogen-bond acceptors (Lipinski definition) is 2. The molecule has 0 radical (unpaired) electrons. The van der Waals surface area contributed by atoms with Gasteiger partial charge in [-0.15, -0.1) is 0 Å². The molecule has 1 saturated heterocycles. The number of nitrogens with one attached hydrogen (secondary N) is 1. The van der Waals surface area contributed by atoms with Gasteiger partial charge in [0.2, 0.25) is 0 Å². The summed E-state index contributed by atoms with van der Waals surface area (Å²) in [5.74, 6) is 0. The van der Waals surface area contributed by atoms with Gasteiger partial charge in [0, 0.05) is 32.2 Å². The first kappa shape index (κ1) is 11.4. The second-order valence-corrected chi connectivity index (χ2v) is 4.43. The summed E-state index contributed by atoms with van der Waals surface area (Å²) < 4.78 is 0. The first-order valence-corrected chi connectivity index (χ1v) is 6.02. The van der Waals surface area contributed by atoms with E-state index in [9.17, 15) is 0 Å². The first-order valence-electron chi connectivity index (χ1n) is 6.02. The van der Waals surface area contributed by atoms with Crippen LogP contribution in [0.15, 0.2) is 36.4 Å². The molecule has 1 atom stereocenters.